The van der Waals surface area contributed by atoms with Gasteiger partial charge in [0.2, 0.25) is 0 Å². The highest BCUT2D eigenvalue weighted by atomic mass is 19.1. The molecule has 0 atom stereocenters. The summed E-state index contributed by atoms with van der Waals surface area (Å²) in [5.74, 6) is -0.816. The van der Waals surface area contributed by atoms with Crippen LogP contribution in [-0.4, -0.2) is 11.3 Å². The molecule has 0 aromatic carbocycles. The monoisotopic (exact) mass is 151 g/mol. The Bertz CT molecular complexity index is 269. The molecule has 0 radical (unpaired) electrons. The zero-order valence-electron chi connectivity index (χ0n) is 5.70. The molecule has 0 saturated carbocycles. The van der Waals surface area contributed by atoms with Gasteiger partial charge in [0.05, 0.1) is 5.69 Å². The van der Waals surface area contributed by atoms with E-state index in [2.05, 4.69) is 4.98 Å². The first kappa shape index (κ1) is 7.60. The minimum Gasteiger partial charge on any atom is -0.295 e. The molecule has 56 valence electrons. The summed E-state index contributed by atoms with van der Waals surface area (Å²) >= 11 is 0. The van der Waals surface area contributed by atoms with E-state index in [1.165, 1.54) is 6.20 Å². The molecule has 3 heteroatoms. The Labute approximate surface area is 63.4 Å². The number of carbonyl (C=O) groups is 1. The number of carbonyl (C=O) groups excluding carboxylic acids is 1. The summed E-state index contributed by atoms with van der Waals surface area (Å²) in [4.78, 5) is 13.6. The van der Waals surface area contributed by atoms with Gasteiger partial charge >= 0.3 is 0 Å². The van der Waals surface area contributed by atoms with Crippen LogP contribution in [-0.2, 0) is 4.79 Å². The number of nitrogens with zero attached hydrogens (tertiary/aromatic N) is 1. The van der Waals surface area contributed by atoms with E-state index in [0.29, 0.717) is 5.69 Å². The zero-order chi connectivity index (χ0) is 8.10. The maximum absolute atomic E-state index is 12.3. The zero-order valence-corrected chi connectivity index (χ0v) is 5.70. The fourth-order valence-corrected chi connectivity index (χ4v) is 0.637. The van der Waals surface area contributed by atoms with Crippen molar-refractivity contribution in [2.75, 3.05) is 0 Å². The van der Waals surface area contributed by atoms with Crippen molar-refractivity contribution in [1.29, 1.82) is 0 Å². The van der Waals surface area contributed by atoms with Gasteiger partial charge in [0.15, 0.2) is 12.1 Å². The van der Waals surface area contributed by atoms with Crippen LogP contribution in [0.3, 0.4) is 0 Å². The van der Waals surface area contributed by atoms with Crippen LogP contribution in [0.4, 0.5) is 4.39 Å². The average molecular weight is 151 g/mol. The second-order valence-corrected chi connectivity index (χ2v) is 1.90. The molecular formula is C8H6FNO. The summed E-state index contributed by atoms with van der Waals surface area (Å²) in [7, 11) is 0. The van der Waals surface area contributed by atoms with Crippen molar-refractivity contribution in [1.82, 2.24) is 4.98 Å². The molecule has 1 rings (SSSR count). The van der Waals surface area contributed by atoms with E-state index in [9.17, 15) is 9.18 Å². The van der Waals surface area contributed by atoms with Gasteiger partial charge in [-0.15, -0.1) is 0 Å². The Kier molecular flexibility index (Phi) is 2.49. The highest BCUT2D eigenvalue weighted by molar-refractivity contribution is 5.77. The molecule has 0 amide bonds. The Morgan fingerprint density at radius 3 is 2.91 bits per heavy atom. The molecule has 1 heterocycles. The van der Waals surface area contributed by atoms with Crippen LogP contribution in [0, 0.1) is 0 Å². The summed E-state index contributed by atoms with van der Waals surface area (Å²) in [5.41, 5.74) is 0.442. The van der Waals surface area contributed by atoms with Gasteiger partial charge in [-0.1, -0.05) is 6.07 Å². The van der Waals surface area contributed by atoms with E-state index < -0.39 is 5.83 Å². The van der Waals surface area contributed by atoms with Crippen LogP contribution in [0.1, 0.15) is 5.69 Å². The molecule has 2 nitrogen and oxygen atoms in total. The summed E-state index contributed by atoms with van der Waals surface area (Å²) in [6.45, 7) is 0. The van der Waals surface area contributed by atoms with E-state index in [0.717, 1.165) is 6.08 Å². The van der Waals surface area contributed by atoms with Gasteiger partial charge in [-0.05, 0) is 12.1 Å². The van der Waals surface area contributed by atoms with Crippen molar-refractivity contribution in [2.45, 2.75) is 0 Å². The van der Waals surface area contributed by atoms with Crippen molar-refractivity contribution >= 4 is 12.4 Å². The molecule has 0 aliphatic carbocycles. The van der Waals surface area contributed by atoms with E-state index in [1.54, 1.807) is 18.2 Å². The normalized spacial score (nSPS) is 11.2. The smallest absolute Gasteiger partial charge is 0.178 e. The molecule has 0 N–H and O–H groups in total. The highest BCUT2D eigenvalue weighted by Gasteiger charge is 1.91. The largest absolute Gasteiger partial charge is 0.295 e. The van der Waals surface area contributed by atoms with Crippen LogP contribution < -0.4 is 0 Å². The number of hydrogen-bond acceptors (Lipinski definition) is 2. The lowest BCUT2D eigenvalue weighted by Crippen LogP contribution is -1.79. The number of pyridine rings is 1. The lowest BCUT2D eigenvalue weighted by molar-refractivity contribution is -0.106. The summed E-state index contributed by atoms with van der Waals surface area (Å²) in [6.07, 6.45) is 2.76. The number of halogens is 1. The topological polar surface area (TPSA) is 30.0 Å². The predicted octanol–water partition coefficient (Wildman–Crippen LogP) is 1.59. The molecular weight excluding hydrogens is 145 g/mol. The summed E-state index contributed by atoms with van der Waals surface area (Å²) in [6, 6.07) is 5.05. The van der Waals surface area contributed by atoms with Crippen LogP contribution in [0.2, 0.25) is 0 Å². The minimum atomic E-state index is -0.816. The molecule has 0 spiro atoms. The Hall–Kier alpha value is -1.51. The van der Waals surface area contributed by atoms with E-state index >= 15 is 0 Å². The second-order valence-electron chi connectivity index (χ2n) is 1.90. The first-order valence-corrected chi connectivity index (χ1v) is 3.06. The number of hydrogen-bond donors (Lipinski definition) is 0. The highest BCUT2D eigenvalue weighted by Crippen LogP contribution is 2.01. The fourth-order valence-electron chi connectivity index (χ4n) is 0.637. The number of aromatic nitrogens is 1. The van der Waals surface area contributed by atoms with Crippen molar-refractivity contribution in [3.63, 3.8) is 0 Å². The SMILES string of the molecule is O=C/C(F)=C\c1ccccn1. The van der Waals surface area contributed by atoms with Crippen molar-refractivity contribution in [2.24, 2.45) is 0 Å². The fraction of sp³-hybridized carbons (Fsp3) is 0. The lowest BCUT2D eigenvalue weighted by Gasteiger charge is -1.88. The Morgan fingerprint density at radius 2 is 2.36 bits per heavy atom. The maximum Gasteiger partial charge on any atom is 0.178 e. The third kappa shape index (κ3) is 2.29. The standard InChI is InChI=1S/C8H6FNO/c9-7(6-11)5-8-3-1-2-4-10-8/h1-6H/b7-5+. The Balaban J connectivity index is 2.87. The van der Waals surface area contributed by atoms with Gasteiger partial charge < -0.3 is 0 Å². The van der Waals surface area contributed by atoms with Gasteiger partial charge in [-0.2, -0.15) is 0 Å². The lowest BCUT2D eigenvalue weighted by atomic mass is 10.3. The van der Waals surface area contributed by atoms with Crippen LogP contribution >= 0.6 is 0 Å². The number of allylic oxidation sites excluding steroid dienone is 1. The van der Waals surface area contributed by atoms with Gasteiger partial charge in [0.25, 0.3) is 0 Å². The van der Waals surface area contributed by atoms with Gasteiger partial charge in [-0.25, -0.2) is 4.39 Å². The van der Waals surface area contributed by atoms with Crippen LogP contribution in [0.5, 0.6) is 0 Å². The van der Waals surface area contributed by atoms with Crippen molar-refractivity contribution in [3.8, 4) is 0 Å². The Morgan fingerprint density at radius 1 is 1.55 bits per heavy atom. The molecule has 1 aromatic heterocycles. The molecule has 0 aliphatic heterocycles. The third-order valence-corrected chi connectivity index (χ3v) is 1.09. The molecule has 0 fully saturated rings. The average Bonchev–Trinajstić information content (AvgIpc) is 2.06. The molecule has 0 saturated heterocycles. The first-order valence-electron chi connectivity index (χ1n) is 3.06. The molecule has 0 unspecified atom stereocenters. The van der Waals surface area contributed by atoms with Gasteiger partial charge in [-0.3, -0.25) is 9.78 Å². The van der Waals surface area contributed by atoms with Crippen molar-refractivity contribution < 1.29 is 9.18 Å². The molecule has 0 aliphatic rings. The van der Waals surface area contributed by atoms with E-state index in [1.807, 2.05) is 0 Å². The maximum atomic E-state index is 12.3. The second kappa shape index (κ2) is 3.61. The molecule has 1 aromatic rings. The predicted molar refractivity (Wildman–Crippen MR) is 39.4 cm³/mol. The minimum absolute atomic E-state index is 0.147. The number of aldehydes is 1. The molecule has 0 bridgehead atoms. The van der Waals surface area contributed by atoms with Gasteiger partial charge in [0.1, 0.15) is 0 Å². The molecule has 11 heavy (non-hydrogen) atoms. The van der Waals surface area contributed by atoms with Crippen LogP contribution in [0.15, 0.2) is 30.2 Å². The first-order chi connectivity index (χ1) is 5.33. The third-order valence-electron chi connectivity index (χ3n) is 1.09. The quantitative estimate of drug-likeness (QED) is 0.474. The summed E-state index contributed by atoms with van der Waals surface area (Å²) in [5, 5.41) is 0. The summed E-state index contributed by atoms with van der Waals surface area (Å²) < 4.78 is 12.3. The van der Waals surface area contributed by atoms with Gasteiger partial charge in [0, 0.05) is 12.3 Å². The van der Waals surface area contributed by atoms with Crippen LogP contribution in [0.25, 0.3) is 6.08 Å². The van der Waals surface area contributed by atoms with E-state index in [4.69, 9.17) is 0 Å². The van der Waals surface area contributed by atoms with Crippen molar-refractivity contribution in [3.05, 3.63) is 35.9 Å². The number of rotatable bonds is 2. The van der Waals surface area contributed by atoms with E-state index in [-0.39, 0.29) is 6.29 Å².